The van der Waals surface area contributed by atoms with Crippen molar-refractivity contribution in [3.63, 3.8) is 0 Å². The van der Waals surface area contributed by atoms with Crippen LogP contribution in [0.5, 0.6) is 11.5 Å². The Labute approximate surface area is 111 Å². The fraction of sp³-hybridized carbons (Fsp3) is 0.308. The first-order valence-corrected chi connectivity index (χ1v) is 6.38. The van der Waals surface area contributed by atoms with Crippen molar-refractivity contribution in [2.45, 2.75) is 6.92 Å². The van der Waals surface area contributed by atoms with Crippen LogP contribution in [0.25, 0.3) is 10.4 Å². The number of methoxy groups -OCH3 is 2. The van der Waals surface area contributed by atoms with E-state index in [1.54, 1.807) is 25.6 Å². The van der Waals surface area contributed by atoms with Gasteiger partial charge in [0.25, 0.3) is 0 Å². The van der Waals surface area contributed by atoms with E-state index in [1.165, 1.54) is 0 Å². The van der Waals surface area contributed by atoms with E-state index in [9.17, 15) is 0 Å². The molecule has 1 aromatic heterocycles. The number of nitrogens with zero attached hydrogens (tertiary/aromatic N) is 1. The Morgan fingerprint density at radius 1 is 1.17 bits per heavy atom. The van der Waals surface area contributed by atoms with Crippen LogP contribution in [0.4, 0.5) is 5.13 Å². The molecule has 0 fully saturated rings. The Morgan fingerprint density at radius 3 is 2.44 bits per heavy atom. The first-order chi connectivity index (χ1) is 8.69. The summed E-state index contributed by atoms with van der Waals surface area (Å²) < 4.78 is 10.5. The highest BCUT2D eigenvalue weighted by Crippen LogP contribution is 2.37. The Morgan fingerprint density at radius 2 is 1.89 bits per heavy atom. The number of aromatic nitrogens is 1. The van der Waals surface area contributed by atoms with Gasteiger partial charge in [0.05, 0.1) is 24.8 Å². The Bertz CT molecular complexity index is 552. The molecule has 0 atom stereocenters. The normalized spacial score (nSPS) is 10.2. The van der Waals surface area contributed by atoms with E-state index in [4.69, 9.17) is 9.47 Å². The average molecular weight is 264 g/mol. The lowest BCUT2D eigenvalue weighted by Gasteiger charge is -2.08. The van der Waals surface area contributed by atoms with Crippen molar-refractivity contribution in [1.82, 2.24) is 4.98 Å². The summed E-state index contributed by atoms with van der Waals surface area (Å²) >= 11 is 1.63. The molecule has 0 unspecified atom stereocenters. The molecule has 2 aromatic rings. The molecule has 1 heterocycles. The largest absolute Gasteiger partial charge is 0.493 e. The van der Waals surface area contributed by atoms with Crippen LogP contribution in [0.3, 0.4) is 0 Å². The predicted molar refractivity (Wildman–Crippen MR) is 74.9 cm³/mol. The standard InChI is InChI=1S/C13H16N2O2S/c1-8-12(18-13(14-2)15-8)9-5-6-10(16-3)11(7-9)17-4/h5-7H,1-4H3,(H,14,15). The molecule has 0 radical (unpaired) electrons. The van der Waals surface area contributed by atoms with Crippen LogP contribution in [-0.4, -0.2) is 26.3 Å². The van der Waals surface area contributed by atoms with E-state index in [1.807, 2.05) is 32.2 Å². The van der Waals surface area contributed by atoms with E-state index in [0.29, 0.717) is 0 Å². The molecule has 2 rings (SSSR count). The van der Waals surface area contributed by atoms with Crippen LogP contribution in [-0.2, 0) is 0 Å². The molecule has 0 aliphatic rings. The maximum absolute atomic E-state index is 5.31. The Hall–Kier alpha value is -1.75. The maximum Gasteiger partial charge on any atom is 0.183 e. The predicted octanol–water partition coefficient (Wildman–Crippen LogP) is 3.18. The number of benzene rings is 1. The van der Waals surface area contributed by atoms with Crippen LogP contribution in [0.2, 0.25) is 0 Å². The number of anilines is 1. The van der Waals surface area contributed by atoms with Gasteiger partial charge in [-0.1, -0.05) is 11.3 Å². The molecule has 0 saturated heterocycles. The maximum atomic E-state index is 5.31. The minimum atomic E-state index is 0.730. The minimum Gasteiger partial charge on any atom is -0.493 e. The number of thiazole rings is 1. The van der Waals surface area contributed by atoms with Crippen molar-refractivity contribution >= 4 is 16.5 Å². The second-order valence-electron chi connectivity index (χ2n) is 3.75. The number of rotatable bonds is 4. The zero-order chi connectivity index (χ0) is 13.1. The van der Waals surface area contributed by atoms with E-state index < -0.39 is 0 Å². The summed E-state index contributed by atoms with van der Waals surface area (Å²) in [6.07, 6.45) is 0. The third-order valence-corrected chi connectivity index (χ3v) is 3.88. The summed E-state index contributed by atoms with van der Waals surface area (Å²) in [6, 6.07) is 5.90. The highest BCUT2D eigenvalue weighted by atomic mass is 32.1. The molecule has 0 saturated carbocycles. The van der Waals surface area contributed by atoms with Gasteiger partial charge in [-0.3, -0.25) is 0 Å². The third kappa shape index (κ3) is 2.26. The van der Waals surface area contributed by atoms with E-state index in [-0.39, 0.29) is 0 Å². The second kappa shape index (κ2) is 5.27. The van der Waals surface area contributed by atoms with Crippen molar-refractivity contribution in [2.75, 3.05) is 26.6 Å². The topological polar surface area (TPSA) is 43.4 Å². The molecule has 1 aromatic carbocycles. The monoisotopic (exact) mass is 264 g/mol. The van der Waals surface area contributed by atoms with E-state index >= 15 is 0 Å². The zero-order valence-electron chi connectivity index (χ0n) is 10.9. The number of ether oxygens (including phenoxy) is 2. The van der Waals surface area contributed by atoms with Crippen molar-refractivity contribution in [3.8, 4) is 21.9 Å². The molecular formula is C13H16N2O2S. The molecule has 0 amide bonds. The van der Waals surface area contributed by atoms with E-state index in [0.717, 1.165) is 32.8 Å². The summed E-state index contributed by atoms with van der Waals surface area (Å²) in [6.45, 7) is 2.00. The molecule has 1 N–H and O–H groups in total. The van der Waals surface area contributed by atoms with Crippen LogP contribution in [0, 0.1) is 6.92 Å². The summed E-state index contributed by atoms with van der Waals surface area (Å²) in [4.78, 5) is 5.58. The highest BCUT2D eigenvalue weighted by Gasteiger charge is 2.12. The Kier molecular flexibility index (Phi) is 3.72. The molecule has 0 aliphatic heterocycles. The van der Waals surface area contributed by atoms with Gasteiger partial charge in [0, 0.05) is 7.05 Å². The number of hydrogen-bond donors (Lipinski definition) is 1. The quantitative estimate of drug-likeness (QED) is 0.921. The first-order valence-electron chi connectivity index (χ1n) is 5.57. The van der Waals surface area contributed by atoms with Gasteiger partial charge in [0.2, 0.25) is 0 Å². The summed E-state index contributed by atoms with van der Waals surface area (Å²) in [7, 11) is 5.14. The number of nitrogens with one attached hydrogen (secondary N) is 1. The van der Waals surface area contributed by atoms with Gasteiger partial charge in [-0.15, -0.1) is 0 Å². The fourth-order valence-corrected chi connectivity index (χ4v) is 2.66. The molecule has 96 valence electrons. The van der Waals surface area contributed by atoms with E-state index in [2.05, 4.69) is 10.3 Å². The molecule has 0 bridgehead atoms. The SMILES string of the molecule is CNc1nc(C)c(-c2ccc(OC)c(OC)c2)s1. The second-order valence-corrected chi connectivity index (χ2v) is 4.75. The van der Waals surface area contributed by atoms with Crippen molar-refractivity contribution < 1.29 is 9.47 Å². The minimum absolute atomic E-state index is 0.730. The smallest absolute Gasteiger partial charge is 0.183 e. The van der Waals surface area contributed by atoms with Gasteiger partial charge in [-0.05, 0) is 30.7 Å². The van der Waals surface area contributed by atoms with Gasteiger partial charge in [0.1, 0.15) is 0 Å². The third-order valence-electron chi connectivity index (χ3n) is 2.66. The summed E-state index contributed by atoms with van der Waals surface area (Å²) in [5.41, 5.74) is 2.10. The fourth-order valence-electron chi connectivity index (χ4n) is 1.75. The molecule has 0 aliphatic carbocycles. The summed E-state index contributed by atoms with van der Waals surface area (Å²) in [5.74, 6) is 1.46. The van der Waals surface area contributed by atoms with Crippen molar-refractivity contribution in [3.05, 3.63) is 23.9 Å². The highest BCUT2D eigenvalue weighted by molar-refractivity contribution is 7.19. The Balaban J connectivity index is 2.47. The van der Waals surface area contributed by atoms with Crippen LogP contribution in [0.1, 0.15) is 5.69 Å². The molecule has 18 heavy (non-hydrogen) atoms. The van der Waals surface area contributed by atoms with Gasteiger partial charge < -0.3 is 14.8 Å². The van der Waals surface area contributed by atoms with Crippen LogP contribution < -0.4 is 14.8 Å². The summed E-state index contributed by atoms with van der Waals surface area (Å²) in [5, 5.41) is 3.97. The van der Waals surface area contributed by atoms with Crippen LogP contribution in [0.15, 0.2) is 18.2 Å². The van der Waals surface area contributed by atoms with Gasteiger partial charge in [0.15, 0.2) is 16.6 Å². The molecule has 4 nitrogen and oxygen atoms in total. The van der Waals surface area contributed by atoms with Crippen molar-refractivity contribution in [1.29, 1.82) is 0 Å². The average Bonchev–Trinajstić information content (AvgIpc) is 2.79. The lowest BCUT2D eigenvalue weighted by molar-refractivity contribution is 0.355. The van der Waals surface area contributed by atoms with Gasteiger partial charge >= 0.3 is 0 Å². The molecule has 5 heteroatoms. The number of hydrogen-bond acceptors (Lipinski definition) is 5. The van der Waals surface area contributed by atoms with Crippen LogP contribution >= 0.6 is 11.3 Å². The van der Waals surface area contributed by atoms with Crippen molar-refractivity contribution in [2.24, 2.45) is 0 Å². The number of aryl methyl sites for hydroxylation is 1. The van der Waals surface area contributed by atoms with Gasteiger partial charge in [-0.2, -0.15) is 0 Å². The molecule has 0 spiro atoms. The van der Waals surface area contributed by atoms with Gasteiger partial charge in [-0.25, -0.2) is 4.98 Å². The zero-order valence-corrected chi connectivity index (χ0v) is 11.7. The first kappa shape index (κ1) is 12.7. The lowest BCUT2D eigenvalue weighted by Crippen LogP contribution is -1.90. The lowest BCUT2D eigenvalue weighted by atomic mass is 10.1. The molecular weight excluding hydrogens is 248 g/mol.